The quantitative estimate of drug-likeness (QED) is 0.691. The Morgan fingerprint density at radius 3 is 3.06 bits per heavy atom. The van der Waals surface area contributed by atoms with Gasteiger partial charge in [-0.1, -0.05) is 0 Å². The molecular formula is C10H19N5OS. The number of rotatable bonds is 7. The molecule has 1 amide bonds. The van der Waals surface area contributed by atoms with Gasteiger partial charge in [0.1, 0.15) is 12.2 Å². The van der Waals surface area contributed by atoms with Gasteiger partial charge in [-0.3, -0.25) is 4.79 Å². The Bertz CT molecular complexity index is 354. The van der Waals surface area contributed by atoms with Gasteiger partial charge in [-0.2, -0.15) is 11.8 Å². The van der Waals surface area contributed by atoms with Crippen molar-refractivity contribution in [2.45, 2.75) is 18.9 Å². The number of thioether (sulfide) groups is 1. The summed E-state index contributed by atoms with van der Waals surface area (Å²) in [6.45, 7) is 0.540. The molecule has 0 aliphatic heterocycles. The van der Waals surface area contributed by atoms with E-state index in [1.54, 1.807) is 18.1 Å². The number of hydrogen-bond donors (Lipinski definition) is 2. The van der Waals surface area contributed by atoms with Gasteiger partial charge >= 0.3 is 0 Å². The number of nitrogens with two attached hydrogens (primary N) is 1. The van der Waals surface area contributed by atoms with Crippen molar-refractivity contribution in [1.82, 2.24) is 20.1 Å². The summed E-state index contributed by atoms with van der Waals surface area (Å²) in [4.78, 5) is 11.6. The van der Waals surface area contributed by atoms with E-state index in [1.165, 1.54) is 0 Å². The number of aromatic nitrogens is 3. The summed E-state index contributed by atoms with van der Waals surface area (Å²) < 4.78 is 1.83. The Morgan fingerprint density at radius 1 is 1.71 bits per heavy atom. The highest BCUT2D eigenvalue weighted by Gasteiger charge is 2.12. The summed E-state index contributed by atoms with van der Waals surface area (Å²) in [5.41, 5.74) is 5.73. The predicted molar refractivity (Wildman–Crippen MR) is 68.7 cm³/mol. The summed E-state index contributed by atoms with van der Waals surface area (Å²) in [7, 11) is 1.88. The lowest BCUT2D eigenvalue weighted by Crippen LogP contribution is -2.41. The van der Waals surface area contributed by atoms with Crippen LogP contribution in [0.2, 0.25) is 0 Å². The molecule has 0 saturated carbocycles. The molecule has 6 nitrogen and oxygen atoms in total. The van der Waals surface area contributed by atoms with E-state index in [1.807, 2.05) is 17.9 Å². The highest BCUT2D eigenvalue weighted by molar-refractivity contribution is 7.98. The summed E-state index contributed by atoms with van der Waals surface area (Å²) in [6.07, 6.45) is 5.01. The Labute approximate surface area is 105 Å². The van der Waals surface area contributed by atoms with Crippen LogP contribution in [0.3, 0.4) is 0 Å². The zero-order valence-electron chi connectivity index (χ0n) is 10.2. The number of aryl methyl sites for hydroxylation is 1. The first-order valence-corrected chi connectivity index (χ1v) is 6.89. The van der Waals surface area contributed by atoms with Crippen molar-refractivity contribution in [3.05, 3.63) is 12.2 Å². The first-order valence-electron chi connectivity index (χ1n) is 5.50. The maximum atomic E-state index is 11.6. The summed E-state index contributed by atoms with van der Waals surface area (Å²) >= 11 is 1.69. The Morgan fingerprint density at radius 2 is 2.47 bits per heavy atom. The van der Waals surface area contributed by atoms with Gasteiger partial charge in [0.25, 0.3) is 0 Å². The molecule has 1 aromatic rings. The Balaban J connectivity index is 2.22. The van der Waals surface area contributed by atoms with Gasteiger partial charge in [0.15, 0.2) is 0 Å². The molecule has 0 radical (unpaired) electrons. The second-order valence-electron chi connectivity index (χ2n) is 3.79. The van der Waals surface area contributed by atoms with E-state index < -0.39 is 6.04 Å². The number of hydrogen-bond acceptors (Lipinski definition) is 5. The number of nitrogens with zero attached hydrogens (tertiary/aromatic N) is 3. The average Bonchev–Trinajstić information content (AvgIpc) is 2.72. The van der Waals surface area contributed by atoms with Crippen LogP contribution in [0.25, 0.3) is 0 Å². The van der Waals surface area contributed by atoms with E-state index in [4.69, 9.17) is 5.73 Å². The third-order valence-corrected chi connectivity index (χ3v) is 3.07. The molecule has 0 aromatic carbocycles. The fourth-order valence-corrected chi connectivity index (χ4v) is 1.83. The van der Waals surface area contributed by atoms with Crippen LogP contribution in [-0.2, 0) is 18.3 Å². The van der Waals surface area contributed by atoms with Gasteiger partial charge in [0.2, 0.25) is 5.91 Å². The van der Waals surface area contributed by atoms with E-state index in [9.17, 15) is 4.79 Å². The van der Waals surface area contributed by atoms with Crippen molar-refractivity contribution in [1.29, 1.82) is 0 Å². The van der Waals surface area contributed by atoms with Crippen molar-refractivity contribution < 1.29 is 4.79 Å². The highest BCUT2D eigenvalue weighted by atomic mass is 32.2. The highest BCUT2D eigenvalue weighted by Crippen LogP contribution is 1.98. The van der Waals surface area contributed by atoms with Crippen molar-refractivity contribution in [3.8, 4) is 0 Å². The normalized spacial score (nSPS) is 12.4. The third-order valence-electron chi connectivity index (χ3n) is 2.42. The second-order valence-corrected chi connectivity index (χ2v) is 4.77. The monoisotopic (exact) mass is 257 g/mol. The Kier molecular flexibility index (Phi) is 5.99. The molecule has 17 heavy (non-hydrogen) atoms. The van der Waals surface area contributed by atoms with Crippen LogP contribution >= 0.6 is 11.8 Å². The lowest BCUT2D eigenvalue weighted by molar-refractivity contribution is -0.122. The van der Waals surface area contributed by atoms with Gasteiger partial charge in [0.05, 0.1) is 6.04 Å². The molecule has 0 aliphatic carbocycles. The fourth-order valence-electron chi connectivity index (χ4n) is 1.34. The minimum atomic E-state index is -0.415. The minimum Gasteiger partial charge on any atom is -0.354 e. The molecule has 0 bridgehead atoms. The van der Waals surface area contributed by atoms with Crippen LogP contribution < -0.4 is 11.1 Å². The van der Waals surface area contributed by atoms with Gasteiger partial charge < -0.3 is 15.6 Å². The van der Waals surface area contributed by atoms with Gasteiger partial charge in [-0.05, 0) is 18.4 Å². The first kappa shape index (κ1) is 14.0. The standard InChI is InChI=1S/C10H19N5OS/c1-15-7-13-14-9(15)3-5-12-10(16)8(11)4-6-17-2/h7-8H,3-6,11H2,1-2H3,(H,12,16)/t8-/m1/s1. The average molecular weight is 257 g/mol. The molecule has 7 heteroatoms. The molecule has 3 N–H and O–H groups in total. The molecule has 1 heterocycles. The SMILES string of the molecule is CSCC[C@@H](N)C(=O)NCCc1nncn1C. The van der Waals surface area contributed by atoms with Crippen LogP contribution in [0.5, 0.6) is 0 Å². The topological polar surface area (TPSA) is 85.8 Å². The predicted octanol–water partition coefficient (Wildman–Crippen LogP) is -0.446. The second kappa shape index (κ2) is 7.29. The molecule has 0 unspecified atom stereocenters. The molecule has 0 aliphatic rings. The summed E-state index contributed by atoms with van der Waals surface area (Å²) in [6, 6.07) is -0.415. The van der Waals surface area contributed by atoms with Crippen molar-refractivity contribution in [2.24, 2.45) is 12.8 Å². The molecule has 0 saturated heterocycles. The van der Waals surface area contributed by atoms with E-state index in [0.717, 1.165) is 11.6 Å². The minimum absolute atomic E-state index is 0.0961. The molecule has 0 fully saturated rings. The fraction of sp³-hybridized carbons (Fsp3) is 0.700. The number of nitrogens with one attached hydrogen (secondary N) is 1. The molecule has 0 spiro atoms. The van der Waals surface area contributed by atoms with E-state index in [2.05, 4.69) is 15.5 Å². The van der Waals surface area contributed by atoms with Crippen molar-refractivity contribution in [3.63, 3.8) is 0 Å². The zero-order valence-corrected chi connectivity index (χ0v) is 11.0. The van der Waals surface area contributed by atoms with Crippen LogP contribution in [-0.4, -0.2) is 45.3 Å². The number of carbonyl (C=O) groups is 1. The molecular weight excluding hydrogens is 238 g/mol. The largest absolute Gasteiger partial charge is 0.354 e. The van der Waals surface area contributed by atoms with Gasteiger partial charge in [-0.15, -0.1) is 10.2 Å². The first-order chi connectivity index (χ1) is 8.15. The Hall–Kier alpha value is -1.08. The lowest BCUT2D eigenvalue weighted by atomic mass is 10.2. The van der Waals surface area contributed by atoms with E-state index in [0.29, 0.717) is 19.4 Å². The molecule has 96 valence electrons. The number of amides is 1. The molecule has 1 aromatic heterocycles. The maximum absolute atomic E-state index is 11.6. The van der Waals surface area contributed by atoms with E-state index in [-0.39, 0.29) is 5.91 Å². The maximum Gasteiger partial charge on any atom is 0.236 e. The smallest absolute Gasteiger partial charge is 0.236 e. The zero-order chi connectivity index (χ0) is 12.7. The van der Waals surface area contributed by atoms with Crippen LogP contribution in [0.4, 0.5) is 0 Å². The van der Waals surface area contributed by atoms with Gasteiger partial charge in [-0.25, -0.2) is 0 Å². The van der Waals surface area contributed by atoms with Crippen molar-refractivity contribution >= 4 is 17.7 Å². The lowest BCUT2D eigenvalue weighted by Gasteiger charge is -2.11. The summed E-state index contributed by atoms with van der Waals surface area (Å²) in [5, 5.41) is 10.5. The summed E-state index contributed by atoms with van der Waals surface area (Å²) in [5.74, 6) is 1.65. The molecule has 1 atom stereocenters. The number of carbonyl (C=O) groups excluding carboxylic acids is 1. The third kappa shape index (κ3) is 4.74. The molecule has 1 rings (SSSR count). The van der Waals surface area contributed by atoms with Gasteiger partial charge in [0, 0.05) is 20.0 Å². The van der Waals surface area contributed by atoms with Crippen molar-refractivity contribution in [2.75, 3.05) is 18.6 Å². The van der Waals surface area contributed by atoms with Crippen LogP contribution in [0, 0.1) is 0 Å². The van der Waals surface area contributed by atoms with E-state index >= 15 is 0 Å². The van der Waals surface area contributed by atoms with Crippen LogP contribution in [0.1, 0.15) is 12.2 Å². The van der Waals surface area contributed by atoms with Crippen LogP contribution in [0.15, 0.2) is 6.33 Å².